The second kappa shape index (κ2) is 5.25. The first-order valence-electron chi connectivity index (χ1n) is 7.38. The van der Waals surface area contributed by atoms with E-state index in [2.05, 4.69) is 49.2 Å². The van der Waals surface area contributed by atoms with E-state index in [1.54, 1.807) is 0 Å². The molecule has 1 aliphatic heterocycles. The molecule has 0 spiro atoms. The van der Waals surface area contributed by atoms with Gasteiger partial charge in [0.25, 0.3) is 0 Å². The molecular formula is C15H28N4. The molecule has 1 N–H and O–H groups in total. The van der Waals surface area contributed by atoms with Gasteiger partial charge in [0.15, 0.2) is 0 Å². The number of aryl methyl sites for hydroxylation is 1. The second-order valence-corrected chi connectivity index (χ2v) is 6.50. The van der Waals surface area contributed by atoms with E-state index in [0.717, 1.165) is 26.1 Å². The van der Waals surface area contributed by atoms with Gasteiger partial charge in [-0.15, -0.1) is 0 Å². The van der Waals surface area contributed by atoms with E-state index in [4.69, 9.17) is 0 Å². The van der Waals surface area contributed by atoms with Gasteiger partial charge in [-0.25, -0.2) is 0 Å². The molecule has 2 rings (SSSR count). The van der Waals surface area contributed by atoms with Crippen molar-refractivity contribution in [1.29, 1.82) is 0 Å². The summed E-state index contributed by atoms with van der Waals surface area (Å²) in [6.45, 7) is 12.4. The molecule has 0 amide bonds. The van der Waals surface area contributed by atoms with E-state index in [1.165, 1.54) is 12.0 Å². The number of rotatable bonds is 4. The van der Waals surface area contributed by atoms with Crippen LogP contribution < -0.4 is 5.32 Å². The Labute approximate surface area is 117 Å². The number of piperazine rings is 1. The van der Waals surface area contributed by atoms with Crippen molar-refractivity contribution in [2.75, 3.05) is 13.1 Å². The zero-order valence-corrected chi connectivity index (χ0v) is 13.0. The monoisotopic (exact) mass is 264 g/mol. The summed E-state index contributed by atoms with van der Waals surface area (Å²) in [5, 5.41) is 8.03. The molecular weight excluding hydrogens is 236 g/mol. The lowest BCUT2D eigenvalue weighted by Crippen LogP contribution is -2.67. The van der Waals surface area contributed by atoms with Gasteiger partial charge in [-0.1, -0.05) is 13.8 Å². The molecule has 1 fully saturated rings. The third-order valence-corrected chi connectivity index (χ3v) is 4.87. The van der Waals surface area contributed by atoms with Crippen molar-refractivity contribution >= 4 is 0 Å². The molecule has 0 bridgehead atoms. The van der Waals surface area contributed by atoms with Crippen LogP contribution in [0, 0.1) is 0 Å². The minimum atomic E-state index is 0.233. The van der Waals surface area contributed by atoms with Crippen LogP contribution in [0.25, 0.3) is 0 Å². The molecule has 0 radical (unpaired) electrons. The first-order chi connectivity index (χ1) is 8.91. The Hall–Kier alpha value is -0.870. The topological polar surface area (TPSA) is 33.1 Å². The largest absolute Gasteiger partial charge is 0.308 e. The molecule has 0 saturated carbocycles. The van der Waals surface area contributed by atoms with Gasteiger partial charge < -0.3 is 5.32 Å². The van der Waals surface area contributed by atoms with E-state index in [9.17, 15) is 0 Å². The maximum Gasteiger partial charge on any atom is 0.0534 e. The zero-order valence-electron chi connectivity index (χ0n) is 13.0. The highest BCUT2D eigenvalue weighted by Gasteiger charge is 2.40. The van der Waals surface area contributed by atoms with Crippen molar-refractivity contribution in [2.24, 2.45) is 7.05 Å². The molecule has 2 heterocycles. The molecule has 1 saturated heterocycles. The van der Waals surface area contributed by atoms with Crippen LogP contribution in [0.4, 0.5) is 0 Å². The Morgan fingerprint density at radius 1 is 1.32 bits per heavy atom. The molecule has 19 heavy (non-hydrogen) atoms. The lowest BCUT2D eigenvalue weighted by Gasteiger charge is -2.52. The van der Waals surface area contributed by atoms with Crippen LogP contribution in [0.2, 0.25) is 0 Å². The number of nitrogens with zero attached hydrogens (tertiary/aromatic N) is 3. The average Bonchev–Trinajstić information content (AvgIpc) is 2.80. The minimum Gasteiger partial charge on any atom is -0.308 e. The maximum absolute atomic E-state index is 4.29. The third-order valence-electron chi connectivity index (χ3n) is 4.87. The van der Waals surface area contributed by atoms with Gasteiger partial charge in [0.05, 0.1) is 6.20 Å². The van der Waals surface area contributed by atoms with E-state index >= 15 is 0 Å². The predicted molar refractivity (Wildman–Crippen MR) is 79.0 cm³/mol. The van der Waals surface area contributed by atoms with Crippen molar-refractivity contribution in [3.05, 3.63) is 18.0 Å². The van der Waals surface area contributed by atoms with Gasteiger partial charge in [-0.05, 0) is 26.7 Å². The highest BCUT2D eigenvalue weighted by atomic mass is 15.3. The molecule has 4 heteroatoms. The molecule has 0 aliphatic carbocycles. The number of aromatic nitrogens is 2. The molecule has 2 atom stereocenters. The highest BCUT2D eigenvalue weighted by molar-refractivity contribution is 5.08. The summed E-state index contributed by atoms with van der Waals surface area (Å²) in [5.74, 6) is 0. The van der Waals surface area contributed by atoms with Crippen molar-refractivity contribution in [2.45, 2.75) is 58.2 Å². The molecule has 1 aromatic rings. The van der Waals surface area contributed by atoms with E-state index in [0.29, 0.717) is 0 Å². The van der Waals surface area contributed by atoms with E-state index < -0.39 is 0 Å². The number of nitrogens with one attached hydrogen (secondary N) is 1. The summed E-state index contributed by atoms with van der Waals surface area (Å²) in [7, 11) is 1.98. The molecule has 0 aromatic carbocycles. The zero-order chi connectivity index (χ0) is 14.1. The molecule has 1 aliphatic rings. The van der Waals surface area contributed by atoms with Crippen LogP contribution in [0.3, 0.4) is 0 Å². The summed E-state index contributed by atoms with van der Waals surface area (Å²) in [4.78, 5) is 2.63. The third kappa shape index (κ3) is 3.00. The van der Waals surface area contributed by atoms with Gasteiger partial charge in [-0.3, -0.25) is 9.58 Å². The summed E-state index contributed by atoms with van der Waals surface area (Å²) in [6, 6.07) is 0. The highest BCUT2D eigenvalue weighted by Crippen LogP contribution is 2.29. The Bertz CT molecular complexity index is 428. The standard InChI is InChI=1S/C15H28N4/c1-6-14(3)12-19(15(4,7-2)11-16-14)10-13-8-17-18(5)9-13/h8-9,16H,6-7,10-12H2,1-5H3. The number of hydrogen-bond donors (Lipinski definition) is 1. The lowest BCUT2D eigenvalue weighted by atomic mass is 9.85. The smallest absolute Gasteiger partial charge is 0.0534 e. The van der Waals surface area contributed by atoms with Gasteiger partial charge in [-0.2, -0.15) is 5.10 Å². The summed E-state index contributed by atoms with van der Waals surface area (Å²) in [6.07, 6.45) is 6.44. The van der Waals surface area contributed by atoms with Gasteiger partial charge in [0.2, 0.25) is 0 Å². The Morgan fingerprint density at radius 2 is 2.05 bits per heavy atom. The summed E-state index contributed by atoms with van der Waals surface area (Å²) < 4.78 is 1.89. The van der Waals surface area contributed by atoms with Crippen molar-refractivity contribution in [1.82, 2.24) is 20.0 Å². The van der Waals surface area contributed by atoms with E-state index in [1.807, 2.05) is 17.9 Å². The van der Waals surface area contributed by atoms with Crippen LogP contribution in [0.5, 0.6) is 0 Å². The van der Waals surface area contributed by atoms with Crippen molar-refractivity contribution < 1.29 is 0 Å². The van der Waals surface area contributed by atoms with Gasteiger partial charge >= 0.3 is 0 Å². The predicted octanol–water partition coefficient (Wildman–Crippen LogP) is 2.16. The second-order valence-electron chi connectivity index (χ2n) is 6.50. The molecule has 108 valence electrons. The fourth-order valence-electron chi connectivity index (χ4n) is 2.79. The fourth-order valence-corrected chi connectivity index (χ4v) is 2.79. The summed E-state index contributed by atoms with van der Waals surface area (Å²) >= 11 is 0. The first-order valence-corrected chi connectivity index (χ1v) is 7.38. The van der Waals surface area contributed by atoms with Crippen LogP contribution in [0.1, 0.15) is 46.1 Å². The SMILES string of the molecule is CCC1(C)CN(Cc2cnn(C)c2)C(C)(CC)CN1. The van der Waals surface area contributed by atoms with Gasteiger partial charge in [0, 0.05) is 49.5 Å². The Kier molecular flexibility index (Phi) is 4.02. The lowest BCUT2D eigenvalue weighted by molar-refractivity contribution is 0.0104. The average molecular weight is 264 g/mol. The van der Waals surface area contributed by atoms with Crippen LogP contribution in [0.15, 0.2) is 12.4 Å². The van der Waals surface area contributed by atoms with Crippen molar-refractivity contribution in [3.8, 4) is 0 Å². The fraction of sp³-hybridized carbons (Fsp3) is 0.800. The Morgan fingerprint density at radius 3 is 2.58 bits per heavy atom. The molecule has 4 nitrogen and oxygen atoms in total. The molecule has 1 aromatic heterocycles. The summed E-state index contributed by atoms with van der Waals surface area (Å²) in [5.41, 5.74) is 1.78. The quantitative estimate of drug-likeness (QED) is 0.904. The minimum absolute atomic E-state index is 0.233. The van der Waals surface area contributed by atoms with Crippen LogP contribution in [-0.2, 0) is 13.6 Å². The number of hydrogen-bond acceptors (Lipinski definition) is 3. The van der Waals surface area contributed by atoms with Crippen LogP contribution in [-0.4, -0.2) is 38.8 Å². The normalized spacial score (nSPS) is 32.7. The van der Waals surface area contributed by atoms with Gasteiger partial charge in [0.1, 0.15) is 0 Å². The van der Waals surface area contributed by atoms with Crippen molar-refractivity contribution in [3.63, 3.8) is 0 Å². The Balaban J connectivity index is 2.16. The van der Waals surface area contributed by atoms with Crippen LogP contribution >= 0.6 is 0 Å². The first kappa shape index (κ1) is 14.5. The van der Waals surface area contributed by atoms with E-state index in [-0.39, 0.29) is 11.1 Å². The maximum atomic E-state index is 4.29. The molecule has 2 unspecified atom stereocenters.